The van der Waals surface area contributed by atoms with Crippen LogP contribution in [0.3, 0.4) is 0 Å². The van der Waals surface area contributed by atoms with Gasteiger partial charge in [0.2, 0.25) is 10.0 Å². The minimum Gasteiger partial charge on any atom is -0.321 e. The van der Waals surface area contributed by atoms with Crippen molar-refractivity contribution in [2.45, 2.75) is 36.9 Å². The summed E-state index contributed by atoms with van der Waals surface area (Å²) in [6.45, 7) is -0.597. The largest absolute Gasteiger partial charge is 0.321 e. The van der Waals surface area contributed by atoms with E-state index in [1.807, 2.05) is 18.3 Å². The van der Waals surface area contributed by atoms with Crippen molar-refractivity contribution < 1.29 is 12.8 Å². The van der Waals surface area contributed by atoms with Crippen molar-refractivity contribution in [2.75, 3.05) is 0 Å². The second kappa shape index (κ2) is 6.28. The topological polar surface area (TPSA) is 50.6 Å². The summed E-state index contributed by atoms with van der Waals surface area (Å²) in [5, 5.41) is 0. The summed E-state index contributed by atoms with van der Waals surface area (Å²) in [5.41, 5.74) is 4.06. The molecule has 1 atom stereocenters. The second-order valence-electron chi connectivity index (χ2n) is 6.45. The molecule has 4 nitrogen and oxygen atoms in total. The lowest BCUT2D eigenvalue weighted by Crippen LogP contribution is -2.39. The molecule has 2 heterocycles. The summed E-state index contributed by atoms with van der Waals surface area (Å²) < 4.78 is 42.7. The van der Waals surface area contributed by atoms with Crippen LogP contribution >= 0.6 is 0 Å². The zero-order chi connectivity index (χ0) is 17.4. The molecule has 1 aliphatic rings. The van der Waals surface area contributed by atoms with Crippen molar-refractivity contribution in [1.29, 1.82) is 0 Å². The van der Waals surface area contributed by atoms with E-state index in [1.54, 1.807) is 0 Å². The van der Waals surface area contributed by atoms with Gasteiger partial charge < -0.3 is 4.40 Å². The molecule has 4 rings (SSSR count). The lowest BCUT2D eigenvalue weighted by molar-refractivity contribution is 0.484. The van der Waals surface area contributed by atoms with Gasteiger partial charge in [0.1, 0.15) is 6.67 Å². The Balaban J connectivity index is 1.57. The molecular weight excluding hydrogens is 339 g/mol. The Labute approximate surface area is 146 Å². The van der Waals surface area contributed by atoms with Crippen molar-refractivity contribution in [2.24, 2.45) is 0 Å². The molecule has 25 heavy (non-hydrogen) atoms. The third-order valence-corrected chi connectivity index (χ3v) is 6.32. The predicted molar refractivity (Wildman–Crippen MR) is 94.8 cm³/mol. The highest BCUT2D eigenvalue weighted by Crippen LogP contribution is 2.26. The van der Waals surface area contributed by atoms with E-state index in [0.717, 1.165) is 18.4 Å². The fourth-order valence-corrected chi connectivity index (χ4v) is 4.76. The van der Waals surface area contributed by atoms with Gasteiger partial charge >= 0.3 is 0 Å². The number of rotatable bonds is 4. The number of pyridine rings is 1. The van der Waals surface area contributed by atoms with Crippen molar-refractivity contribution in [3.63, 3.8) is 0 Å². The number of hydrogen-bond donors (Lipinski definition) is 1. The van der Waals surface area contributed by atoms with Gasteiger partial charge in [0.05, 0.1) is 4.90 Å². The number of sulfonamides is 1. The van der Waals surface area contributed by atoms with E-state index in [0.29, 0.717) is 12.0 Å². The molecule has 0 saturated heterocycles. The molecule has 1 aliphatic carbocycles. The fourth-order valence-electron chi connectivity index (χ4n) is 3.49. The van der Waals surface area contributed by atoms with E-state index in [2.05, 4.69) is 21.3 Å². The van der Waals surface area contributed by atoms with Crippen LogP contribution in [0, 0.1) is 0 Å². The Kier molecular flexibility index (Phi) is 4.09. The second-order valence-corrected chi connectivity index (χ2v) is 8.16. The van der Waals surface area contributed by atoms with Gasteiger partial charge in [-0.25, -0.2) is 17.5 Å². The number of fused-ring (bicyclic) bond motifs is 3. The lowest BCUT2D eigenvalue weighted by atomic mass is 9.94. The Hall–Kier alpha value is -2.18. The van der Waals surface area contributed by atoms with E-state index in [4.69, 9.17) is 0 Å². The summed E-state index contributed by atoms with van der Waals surface area (Å²) in [6.07, 6.45) is 4.30. The number of nitrogens with zero attached hydrogens (tertiary/aromatic N) is 1. The van der Waals surface area contributed by atoms with Gasteiger partial charge in [0, 0.05) is 29.9 Å². The molecule has 0 amide bonds. The van der Waals surface area contributed by atoms with Gasteiger partial charge in [-0.3, -0.25) is 0 Å². The minimum atomic E-state index is -3.61. The van der Waals surface area contributed by atoms with Gasteiger partial charge in [0.15, 0.2) is 0 Å². The number of halogens is 1. The lowest BCUT2D eigenvalue weighted by Gasteiger charge is -2.24. The average molecular weight is 358 g/mol. The third kappa shape index (κ3) is 3.07. The van der Waals surface area contributed by atoms with E-state index in [1.165, 1.54) is 35.5 Å². The van der Waals surface area contributed by atoms with Crippen LogP contribution in [-0.2, 0) is 29.5 Å². The van der Waals surface area contributed by atoms with Gasteiger partial charge in [-0.2, -0.15) is 0 Å². The van der Waals surface area contributed by atoms with Crippen LogP contribution in [0.4, 0.5) is 4.39 Å². The Morgan fingerprint density at radius 2 is 1.96 bits per heavy atom. The SMILES string of the molecule is O=S(=O)(NC1CCc2cc3ccccn3c2C1)c1ccc(CF)cc1. The molecule has 0 radical (unpaired) electrons. The maximum absolute atomic E-state index is 12.6. The summed E-state index contributed by atoms with van der Waals surface area (Å²) in [6, 6.07) is 14.0. The molecule has 0 saturated carbocycles. The van der Waals surface area contributed by atoms with Crippen LogP contribution in [0.1, 0.15) is 23.2 Å². The summed E-state index contributed by atoms with van der Waals surface area (Å²) in [7, 11) is -3.61. The van der Waals surface area contributed by atoms with Gasteiger partial charge in [0.25, 0.3) is 0 Å². The van der Waals surface area contributed by atoms with Crippen LogP contribution in [0.25, 0.3) is 5.52 Å². The van der Waals surface area contributed by atoms with Crippen LogP contribution in [0.15, 0.2) is 59.6 Å². The number of aromatic nitrogens is 1. The molecule has 1 aromatic carbocycles. The monoisotopic (exact) mass is 358 g/mol. The highest BCUT2D eigenvalue weighted by Gasteiger charge is 2.26. The van der Waals surface area contributed by atoms with Crippen molar-refractivity contribution in [1.82, 2.24) is 9.12 Å². The van der Waals surface area contributed by atoms with Crippen molar-refractivity contribution >= 4 is 15.5 Å². The number of aryl methyl sites for hydroxylation is 1. The maximum Gasteiger partial charge on any atom is 0.240 e. The highest BCUT2D eigenvalue weighted by atomic mass is 32.2. The summed E-state index contributed by atoms with van der Waals surface area (Å²) in [5.74, 6) is 0. The summed E-state index contributed by atoms with van der Waals surface area (Å²) in [4.78, 5) is 0.176. The first-order chi connectivity index (χ1) is 12.1. The maximum atomic E-state index is 12.6. The van der Waals surface area contributed by atoms with Gasteiger partial charge in [-0.05, 0) is 54.3 Å². The van der Waals surface area contributed by atoms with Crippen LogP contribution in [0.2, 0.25) is 0 Å². The normalized spacial score (nSPS) is 17.6. The first kappa shape index (κ1) is 16.3. The molecule has 1 unspecified atom stereocenters. The molecule has 6 heteroatoms. The molecule has 0 spiro atoms. The van der Waals surface area contributed by atoms with Crippen molar-refractivity contribution in [3.8, 4) is 0 Å². The Morgan fingerprint density at radius 3 is 2.72 bits per heavy atom. The predicted octanol–water partition coefficient (Wildman–Crippen LogP) is 3.24. The van der Waals surface area contributed by atoms with Crippen LogP contribution in [-0.4, -0.2) is 18.9 Å². The number of hydrogen-bond acceptors (Lipinski definition) is 2. The molecule has 130 valence electrons. The van der Waals surface area contributed by atoms with E-state index < -0.39 is 16.7 Å². The third-order valence-electron chi connectivity index (χ3n) is 4.79. The van der Waals surface area contributed by atoms with Crippen molar-refractivity contribution in [3.05, 3.63) is 71.5 Å². The van der Waals surface area contributed by atoms with Crippen LogP contribution in [0.5, 0.6) is 0 Å². The van der Waals surface area contributed by atoms with Gasteiger partial charge in [-0.1, -0.05) is 18.2 Å². The van der Waals surface area contributed by atoms with Crippen LogP contribution < -0.4 is 4.72 Å². The zero-order valence-corrected chi connectivity index (χ0v) is 14.5. The molecule has 3 aromatic rings. The number of nitrogens with one attached hydrogen (secondary N) is 1. The smallest absolute Gasteiger partial charge is 0.240 e. The highest BCUT2D eigenvalue weighted by molar-refractivity contribution is 7.89. The fraction of sp³-hybridized carbons (Fsp3) is 0.263. The van der Waals surface area contributed by atoms with E-state index in [-0.39, 0.29) is 10.9 Å². The quantitative estimate of drug-likeness (QED) is 0.778. The molecular formula is C19H19FN2O2S. The first-order valence-corrected chi connectivity index (χ1v) is 9.80. The Bertz CT molecular complexity index is 1010. The zero-order valence-electron chi connectivity index (χ0n) is 13.7. The standard InChI is InChI=1S/C19H19FN2O2S/c20-13-14-4-8-18(9-5-14)25(23,24)21-16-7-6-15-11-17-3-1-2-10-22(17)19(15)12-16/h1-5,8-11,16,21H,6-7,12-13H2. The van der Waals surface area contributed by atoms with E-state index >= 15 is 0 Å². The number of benzene rings is 1. The first-order valence-electron chi connectivity index (χ1n) is 8.32. The number of alkyl halides is 1. The van der Waals surface area contributed by atoms with Gasteiger partial charge in [-0.15, -0.1) is 0 Å². The van der Waals surface area contributed by atoms with E-state index in [9.17, 15) is 12.8 Å². The molecule has 1 N–H and O–H groups in total. The minimum absolute atomic E-state index is 0.142. The average Bonchev–Trinajstić information content (AvgIpc) is 2.99. The molecule has 0 aliphatic heterocycles. The molecule has 2 aromatic heterocycles. The Morgan fingerprint density at radius 1 is 1.16 bits per heavy atom. The molecule has 0 fully saturated rings. The molecule has 0 bridgehead atoms. The summed E-state index contributed by atoms with van der Waals surface area (Å²) >= 11 is 0.